The van der Waals surface area contributed by atoms with Crippen LogP contribution in [0.4, 0.5) is 4.39 Å². The predicted molar refractivity (Wildman–Crippen MR) is 61.9 cm³/mol. The van der Waals surface area contributed by atoms with Gasteiger partial charge in [-0.05, 0) is 25.1 Å². The van der Waals surface area contributed by atoms with Gasteiger partial charge in [0.05, 0.1) is 14.2 Å². The molecule has 1 rings (SSSR count). The Morgan fingerprint density at radius 2 is 2.00 bits per heavy atom. The molecule has 0 saturated carbocycles. The summed E-state index contributed by atoms with van der Waals surface area (Å²) in [5, 5.41) is 2.43. The number of amides is 1. The molecule has 0 aliphatic rings. The summed E-state index contributed by atoms with van der Waals surface area (Å²) < 4.78 is 22.4. The minimum atomic E-state index is -0.779. The van der Waals surface area contributed by atoms with Crippen LogP contribution in [0.2, 0.25) is 0 Å². The van der Waals surface area contributed by atoms with Crippen LogP contribution < -0.4 is 10.1 Å². The first-order valence-electron chi connectivity index (χ1n) is 5.21. The van der Waals surface area contributed by atoms with Crippen LogP contribution >= 0.6 is 0 Å². The molecular formula is C12H14FNO4. The quantitative estimate of drug-likeness (QED) is 0.819. The van der Waals surface area contributed by atoms with Gasteiger partial charge in [-0.2, -0.15) is 0 Å². The van der Waals surface area contributed by atoms with E-state index < -0.39 is 23.7 Å². The van der Waals surface area contributed by atoms with Crippen LogP contribution in [-0.2, 0) is 9.53 Å². The SMILES string of the molecule is COC(=O)C(C)NC(=O)c1ccc(F)c(OC)c1. The molecule has 0 radical (unpaired) electrons. The zero-order valence-electron chi connectivity index (χ0n) is 10.3. The molecule has 98 valence electrons. The first-order valence-corrected chi connectivity index (χ1v) is 5.21. The average molecular weight is 255 g/mol. The van der Waals surface area contributed by atoms with Crippen LogP contribution in [0.25, 0.3) is 0 Å². The standard InChI is InChI=1S/C12H14FNO4/c1-7(12(16)18-3)14-11(15)8-4-5-9(13)10(6-8)17-2/h4-7H,1-3H3,(H,14,15). The van der Waals surface area contributed by atoms with Crippen molar-refractivity contribution in [2.45, 2.75) is 13.0 Å². The molecule has 6 heteroatoms. The van der Waals surface area contributed by atoms with Crippen LogP contribution in [-0.4, -0.2) is 32.1 Å². The van der Waals surface area contributed by atoms with Crippen molar-refractivity contribution in [2.24, 2.45) is 0 Å². The van der Waals surface area contributed by atoms with Crippen molar-refractivity contribution >= 4 is 11.9 Å². The van der Waals surface area contributed by atoms with Gasteiger partial charge in [-0.3, -0.25) is 4.79 Å². The summed E-state index contributed by atoms with van der Waals surface area (Å²) in [6, 6.07) is 2.90. The molecule has 1 amide bonds. The minimum absolute atomic E-state index is 0.0339. The minimum Gasteiger partial charge on any atom is -0.494 e. The molecule has 0 aromatic heterocycles. The molecule has 1 aromatic rings. The fraction of sp³-hybridized carbons (Fsp3) is 0.333. The maximum Gasteiger partial charge on any atom is 0.328 e. The first-order chi connectivity index (χ1) is 8.49. The van der Waals surface area contributed by atoms with Crippen molar-refractivity contribution in [1.29, 1.82) is 0 Å². The third kappa shape index (κ3) is 3.19. The Labute approximate surface area is 104 Å². The van der Waals surface area contributed by atoms with E-state index in [1.54, 1.807) is 0 Å². The van der Waals surface area contributed by atoms with E-state index in [1.165, 1.54) is 33.3 Å². The highest BCUT2D eigenvalue weighted by Gasteiger charge is 2.17. The molecule has 18 heavy (non-hydrogen) atoms. The van der Waals surface area contributed by atoms with Crippen molar-refractivity contribution in [3.05, 3.63) is 29.6 Å². The number of carbonyl (C=O) groups excluding carboxylic acids is 2. The predicted octanol–water partition coefficient (Wildman–Crippen LogP) is 1.13. The maximum absolute atomic E-state index is 13.1. The van der Waals surface area contributed by atoms with Crippen molar-refractivity contribution in [3.8, 4) is 5.75 Å². The lowest BCUT2D eigenvalue weighted by atomic mass is 10.2. The molecule has 0 aliphatic carbocycles. The molecule has 1 N–H and O–H groups in total. The number of hydrogen-bond acceptors (Lipinski definition) is 4. The smallest absolute Gasteiger partial charge is 0.328 e. The van der Waals surface area contributed by atoms with Gasteiger partial charge in [0.25, 0.3) is 5.91 Å². The van der Waals surface area contributed by atoms with Crippen molar-refractivity contribution < 1.29 is 23.5 Å². The Morgan fingerprint density at radius 1 is 1.33 bits per heavy atom. The van der Waals surface area contributed by atoms with Gasteiger partial charge in [0.15, 0.2) is 11.6 Å². The number of ether oxygens (including phenoxy) is 2. The van der Waals surface area contributed by atoms with E-state index in [1.807, 2.05) is 0 Å². The molecule has 0 saturated heterocycles. The van der Waals surface area contributed by atoms with Gasteiger partial charge in [-0.25, -0.2) is 9.18 Å². The van der Waals surface area contributed by atoms with Gasteiger partial charge in [-0.15, -0.1) is 0 Å². The van der Waals surface area contributed by atoms with Crippen molar-refractivity contribution in [1.82, 2.24) is 5.32 Å². The largest absolute Gasteiger partial charge is 0.494 e. The second-order valence-electron chi connectivity index (χ2n) is 3.57. The molecular weight excluding hydrogens is 241 g/mol. The number of nitrogens with one attached hydrogen (secondary N) is 1. The second-order valence-corrected chi connectivity index (χ2v) is 3.57. The summed E-state index contributed by atoms with van der Waals surface area (Å²) in [6.07, 6.45) is 0. The normalized spacial score (nSPS) is 11.6. The fourth-order valence-electron chi connectivity index (χ4n) is 1.32. The Morgan fingerprint density at radius 3 is 2.56 bits per heavy atom. The molecule has 1 unspecified atom stereocenters. The number of hydrogen-bond donors (Lipinski definition) is 1. The lowest BCUT2D eigenvalue weighted by Gasteiger charge is -2.12. The first kappa shape index (κ1) is 14.0. The highest BCUT2D eigenvalue weighted by molar-refractivity contribution is 5.97. The molecule has 0 bridgehead atoms. The maximum atomic E-state index is 13.1. The molecule has 0 fully saturated rings. The lowest BCUT2D eigenvalue weighted by molar-refractivity contribution is -0.142. The van der Waals surface area contributed by atoms with Crippen LogP contribution in [0.3, 0.4) is 0 Å². The molecule has 1 aromatic carbocycles. The molecule has 0 spiro atoms. The summed E-state index contributed by atoms with van der Waals surface area (Å²) in [4.78, 5) is 22.9. The van der Waals surface area contributed by atoms with E-state index in [-0.39, 0.29) is 11.3 Å². The Kier molecular flexibility index (Phi) is 4.65. The van der Waals surface area contributed by atoms with Crippen LogP contribution in [0.5, 0.6) is 5.75 Å². The van der Waals surface area contributed by atoms with E-state index in [2.05, 4.69) is 10.1 Å². The number of halogens is 1. The number of benzene rings is 1. The summed E-state index contributed by atoms with van der Waals surface area (Å²) in [6.45, 7) is 1.49. The van der Waals surface area contributed by atoms with Gasteiger partial charge in [0.2, 0.25) is 0 Å². The van der Waals surface area contributed by atoms with Crippen molar-refractivity contribution in [2.75, 3.05) is 14.2 Å². The van der Waals surface area contributed by atoms with Gasteiger partial charge in [-0.1, -0.05) is 0 Å². The highest BCUT2D eigenvalue weighted by atomic mass is 19.1. The fourth-order valence-corrected chi connectivity index (χ4v) is 1.32. The average Bonchev–Trinajstić information content (AvgIpc) is 2.37. The highest BCUT2D eigenvalue weighted by Crippen LogP contribution is 2.18. The number of rotatable bonds is 4. The van der Waals surface area contributed by atoms with E-state index in [9.17, 15) is 14.0 Å². The van der Waals surface area contributed by atoms with Gasteiger partial charge < -0.3 is 14.8 Å². The summed E-state index contributed by atoms with van der Waals surface area (Å²) in [5.41, 5.74) is 0.198. The van der Waals surface area contributed by atoms with E-state index in [0.717, 1.165) is 6.07 Å². The van der Waals surface area contributed by atoms with E-state index >= 15 is 0 Å². The monoisotopic (exact) mass is 255 g/mol. The van der Waals surface area contributed by atoms with Crippen LogP contribution in [0, 0.1) is 5.82 Å². The topological polar surface area (TPSA) is 64.6 Å². The van der Waals surface area contributed by atoms with E-state index in [4.69, 9.17) is 4.74 Å². The van der Waals surface area contributed by atoms with Gasteiger partial charge >= 0.3 is 5.97 Å². The summed E-state index contributed by atoms with van der Waals surface area (Å²) in [7, 11) is 2.53. The molecule has 0 aliphatic heterocycles. The summed E-state index contributed by atoms with van der Waals surface area (Å²) in [5.74, 6) is -1.66. The van der Waals surface area contributed by atoms with Gasteiger partial charge in [0.1, 0.15) is 6.04 Å². The van der Waals surface area contributed by atoms with Gasteiger partial charge in [0, 0.05) is 5.56 Å². The Bertz CT molecular complexity index is 461. The Hall–Kier alpha value is -2.11. The zero-order valence-corrected chi connectivity index (χ0v) is 10.3. The summed E-state index contributed by atoms with van der Waals surface area (Å²) >= 11 is 0. The third-order valence-corrected chi connectivity index (χ3v) is 2.32. The van der Waals surface area contributed by atoms with E-state index in [0.29, 0.717) is 0 Å². The number of esters is 1. The number of methoxy groups -OCH3 is 2. The Balaban J connectivity index is 2.81. The van der Waals surface area contributed by atoms with Crippen LogP contribution in [0.1, 0.15) is 17.3 Å². The van der Waals surface area contributed by atoms with Crippen LogP contribution in [0.15, 0.2) is 18.2 Å². The number of carbonyl (C=O) groups is 2. The molecule has 5 nitrogen and oxygen atoms in total. The molecule has 1 atom stereocenters. The lowest BCUT2D eigenvalue weighted by Crippen LogP contribution is -2.39. The second kappa shape index (κ2) is 6.00. The third-order valence-electron chi connectivity index (χ3n) is 2.32. The van der Waals surface area contributed by atoms with Crippen molar-refractivity contribution in [3.63, 3.8) is 0 Å². The zero-order chi connectivity index (χ0) is 13.7. The molecule has 0 heterocycles.